The molecule has 1 atom stereocenters. The van der Waals surface area contributed by atoms with E-state index in [1.54, 1.807) is 6.92 Å². The van der Waals surface area contributed by atoms with Crippen LogP contribution in [0.4, 0.5) is 0 Å². The van der Waals surface area contributed by atoms with E-state index < -0.39 is 27.8 Å². The van der Waals surface area contributed by atoms with Gasteiger partial charge in [-0.25, -0.2) is 13.2 Å². The summed E-state index contributed by atoms with van der Waals surface area (Å²) < 4.78 is 27.7. The highest BCUT2D eigenvalue weighted by molar-refractivity contribution is 7.90. The third kappa shape index (κ3) is 3.78. The molecular formula is C12H15NO5S. The summed E-state index contributed by atoms with van der Waals surface area (Å²) in [6.07, 6.45) is -0.0347. The second kappa shape index (κ2) is 5.40. The molecule has 0 fully saturated rings. The first-order valence-corrected chi connectivity index (χ1v) is 7.33. The van der Waals surface area contributed by atoms with E-state index in [1.165, 1.54) is 25.1 Å². The maximum atomic E-state index is 11.8. The van der Waals surface area contributed by atoms with Gasteiger partial charge in [0.05, 0.1) is 10.5 Å². The largest absolute Gasteiger partial charge is 0.449 e. The first kappa shape index (κ1) is 15.2. The number of hydrogen-bond acceptors (Lipinski definition) is 5. The number of nitrogens with two attached hydrogens (primary N) is 1. The van der Waals surface area contributed by atoms with E-state index >= 15 is 0 Å². The Morgan fingerprint density at radius 2 is 1.89 bits per heavy atom. The highest BCUT2D eigenvalue weighted by atomic mass is 32.2. The van der Waals surface area contributed by atoms with Gasteiger partial charge in [-0.05, 0) is 31.5 Å². The standard InChI is InChI=1S/C12H15NO5S/c1-7-4-5-9(19(3,16)17)6-10(7)12(15)18-8(2)11(13)14/h4-6,8H,1-3H3,(H2,13,14). The van der Waals surface area contributed by atoms with Gasteiger partial charge in [-0.15, -0.1) is 0 Å². The van der Waals surface area contributed by atoms with Crippen molar-refractivity contribution in [3.05, 3.63) is 29.3 Å². The van der Waals surface area contributed by atoms with Crippen molar-refractivity contribution in [1.29, 1.82) is 0 Å². The van der Waals surface area contributed by atoms with Crippen LogP contribution in [0.2, 0.25) is 0 Å². The van der Waals surface area contributed by atoms with E-state index in [9.17, 15) is 18.0 Å². The third-order valence-electron chi connectivity index (χ3n) is 2.54. The number of carbonyl (C=O) groups excluding carboxylic acids is 2. The van der Waals surface area contributed by atoms with E-state index in [0.717, 1.165) is 6.26 Å². The molecule has 104 valence electrons. The monoisotopic (exact) mass is 285 g/mol. The molecule has 7 heteroatoms. The average molecular weight is 285 g/mol. The first-order valence-electron chi connectivity index (χ1n) is 5.44. The number of benzene rings is 1. The molecule has 1 rings (SSSR count). The zero-order valence-electron chi connectivity index (χ0n) is 10.8. The second-order valence-corrected chi connectivity index (χ2v) is 6.21. The Hall–Kier alpha value is -1.89. The predicted molar refractivity (Wildman–Crippen MR) is 68.4 cm³/mol. The Morgan fingerprint density at radius 1 is 1.32 bits per heavy atom. The lowest BCUT2D eigenvalue weighted by molar-refractivity contribution is -0.125. The molecule has 2 N–H and O–H groups in total. The van der Waals surface area contributed by atoms with Crippen LogP contribution in [0.15, 0.2) is 23.1 Å². The summed E-state index contributed by atoms with van der Waals surface area (Å²) in [5, 5.41) is 0. The molecule has 6 nitrogen and oxygen atoms in total. The Bertz CT molecular complexity index is 621. The van der Waals surface area contributed by atoms with Gasteiger partial charge >= 0.3 is 5.97 Å². The number of aryl methyl sites for hydroxylation is 1. The average Bonchev–Trinajstić information content (AvgIpc) is 2.27. The Morgan fingerprint density at radius 3 is 2.37 bits per heavy atom. The maximum absolute atomic E-state index is 11.8. The summed E-state index contributed by atoms with van der Waals surface area (Å²) >= 11 is 0. The number of amides is 1. The van der Waals surface area contributed by atoms with Crippen LogP contribution in [0.1, 0.15) is 22.8 Å². The minimum Gasteiger partial charge on any atom is -0.449 e. The van der Waals surface area contributed by atoms with Crippen molar-refractivity contribution in [1.82, 2.24) is 0 Å². The molecule has 0 aliphatic heterocycles. The molecular weight excluding hydrogens is 270 g/mol. The number of esters is 1. The lowest BCUT2D eigenvalue weighted by atomic mass is 10.1. The topological polar surface area (TPSA) is 104 Å². The zero-order valence-corrected chi connectivity index (χ0v) is 11.7. The van der Waals surface area contributed by atoms with E-state index in [4.69, 9.17) is 10.5 Å². The zero-order chi connectivity index (χ0) is 14.8. The minimum absolute atomic E-state index is 0.0109. The summed E-state index contributed by atoms with van der Waals surface area (Å²) in [5.74, 6) is -1.56. The molecule has 0 radical (unpaired) electrons. The molecule has 0 saturated carbocycles. The van der Waals surface area contributed by atoms with Gasteiger partial charge in [0, 0.05) is 6.26 Å². The van der Waals surface area contributed by atoms with Crippen LogP contribution in [-0.4, -0.2) is 32.7 Å². The molecule has 1 amide bonds. The fourth-order valence-corrected chi connectivity index (χ4v) is 1.98. The minimum atomic E-state index is -3.42. The van der Waals surface area contributed by atoms with E-state index in [1.807, 2.05) is 0 Å². The molecule has 1 aromatic rings. The van der Waals surface area contributed by atoms with E-state index in [0.29, 0.717) is 5.56 Å². The Labute approximate surface area is 111 Å². The summed E-state index contributed by atoms with van der Waals surface area (Å²) in [7, 11) is -3.42. The quantitative estimate of drug-likeness (QED) is 0.808. The van der Waals surface area contributed by atoms with Crippen LogP contribution >= 0.6 is 0 Å². The first-order chi connectivity index (χ1) is 8.62. The number of ether oxygens (including phenoxy) is 1. The van der Waals surface area contributed by atoms with Crippen molar-refractivity contribution >= 4 is 21.7 Å². The van der Waals surface area contributed by atoms with Crippen LogP contribution < -0.4 is 5.73 Å². The molecule has 0 spiro atoms. The van der Waals surface area contributed by atoms with Gasteiger partial charge in [-0.3, -0.25) is 4.79 Å². The van der Waals surface area contributed by atoms with Crippen LogP contribution in [0, 0.1) is 6.92 Å². The van der Waals surface area contributed by atoms with Gasteiger partial charge in [-0.2, -0.15) is 0 Å². The number of sulfone groups is 1. The molecule has 19 heavy (non-hydrogen) atoms. The second-order valence-electron chi connectivity index (χ2n) is 4.20. The van der Waals surface area contributed by atoms with E-state index in [-0.39, 0.29) is 10.5 Å². The summed E-state index contributed by atoms with van der Waals surface area (Å²) in [5.41, 5.74) is 5.63. The molecule has 1 aromatic carbocycles. The summed E-state index contributed by atoms with van der Waals surface area (Å²) in [4.78, 5) is 22.7. The van der Waals surface area contributed by atoms with Crippen molar-refractivity contribution in [3.63, 3.8) is 0 Å². The Balaban J connectivity index is 3.13. The molecule has 0 aliphatic carbocycles. The normalized spacial score (nSPS) is 12.8. The van der Waals surface area contributed by atoms with Gasteiger partial charge in [0.1, 0.15) is 0 Å². The highest BCUT2D eigenvalue weighted by Gasteiger charge is 2.19. The molecule has 0 aromatic heterocycles. The van der Waals surface area contributed by atoms with Crippen LogP contribution in [0.3, 0.4) is 0 Å². The fraction of sp³-hybridized carbons (Fsp3) is 0.333. The van der Waals surface area contributed by atoms with Crippen molar-refractivity contribution in [2.45, 2.75) is 24.8 Å². The Kier molecular flexibility index (Phi) is 4.31. The van der Waals surface area contributed by atoms with Crippen LogP contribution in [0.25, 0.3) is 0 Å². The molecule has 0 heterocycles. The molecule has 0 saturated heterocycles. The predicted octanol–water partition coefficient (Wildman–Crippen LogP) is 0.429. The van der Waals surface area contributed by atoms with Crippen molar-refractivity contribution < 1.29 is 22.7 Å². The van der Waals surface area contributed by atoms with Crippen molar-refractivity contribution in [3.8, 4) is 0 Å². The van der Waals surface area contributed by atoms with Gasteiger partial charge < -0.3 is 10.5 Å². The van der Waals surface area contributed by atoms with Gasteiger partial charge in [0.15, 0.2) is 15.9 Å². The van der Waals surface area contributed by atoms with Crippen LogP contribution in [-0.2, 0) is 19.4 Å². The number of rotatable bonds is 4. The van der Waals surface area contributed by atoms with Gasteiger partial charge in [0.2, 0.25) is 0 Å². The summed E-state index contributed by atoms with van der Waals surface area (Å²) in [6, 6.07) is 4.13. The summed E-state index contributed by atoms with van der Waals surface area (Å²) in [6.45, 7) is 2.98. The van der Waals surface area contributed by atoms with Crippen LogP contribution in [0.5, 0.6) is 0 Å². The van der Waals surface area contributed by atoms with Gasteiger partial charge in [0.25, 0.3) is 5.91 Å². The lowest BCUT2D eigenvalue weighted by Crippen LogP contribution is -2.30. The van der Waals surface area contributed by atoms with Crippen molar-refractivity contribution in [2.24, 2.45) is 5.73 Å². The smallest absolute Gasteiger partial charge is 0.339 e. The maximum Gasteiger partial charge on any atom is 0.339 e. The van der Waals surface area contributed by atoms with E-state index in [2.05, 4.69) is 0 Å². The number of hydrogen-bond donors (Lipinski definition) is 1. The fourth-order valence-electron chi connectivity index (χ4n) is 1.33. The van der Waals surface area contributed by atoms with Gasteiger partial charge in [-0.1, -0.05) is 6.07 Å². The molecule has 1 unspecified atom stereocenters. The SMILES string of the molecule is Cc1ccc(S(C)(=O)=O)cc1C(=O)OC(C)C(N)=O. The number of carbonyl (C=O) groups is 2. The lowest BCUT2D eigenvalue weighted by Gasteiger charge is -2.11. The molecule has 0 bridgehead atoms. The third-order valence-corrected chi connectivity index (χ3v) is 3.65. The molecule has 0 aliphatic rings. The number of primary amides is 1. The highest BCUT2D eigenvalue weighted by Crippen LogP contribution is 2.17. The van der Waals surface area contributed by atoms with Crippen molar-refractivity contribution in [2.75, 3.05) is 6.26 Å².